The minimum Gasteiger partial charge on any atom is -0.396 e. The van der Waals surface area contributed by atoms with Gasteiger partial charge < -0.3 is 15.3 Å². The zero-order chi connectivity index (χ0) is 18.2. The van der Waals surface area contributed by atoms with Gasteiger partial charge in [-0.15, -0.1) is 5.10 Å². The topological polar surface area (TPSA) is 83.3 Å². The number of nitrogens with zero attached hydrogens (tertiary/aromatic N) is 4. The van der Waals surface area contributed by atoms with Crippen molar-refractivity contribution < 1.29 is 9.90 Å². The van der Waals surface area contributed by atoms with Gasteiger partial charge >= 0.3 is 6.03 Å². The molecule has 1 aromatic heterocycles. The van der Waals surface area contributed by atoms with Gasteiger partial charge in [-0.05, 0) is 37.7 Å². The fourth-order valence-electron chi connectivity index (χ4n) is 3.27. The van der Waals surface area contributed by atoms with Gasteiger partial charge in [-0.25, -0.2) is 9.48 Å². The Morgan fingerprint density at radius 3 is 2.69 bits per heavy atom. The summed E-state index contributed by atoms with van der Waals surface area (Å²) in [6.45, 7) is 2.28. The van der Waals surface area contributed by atoms with Crippen LogP contribution in [0.3, 0.4) is 0 Å². The first-order valence-electron chi connectivity index (χ1n) is 9.34. The number of benzene rings is 1. The second-order valence-corrected chi connectivity index (χ2v) is 6.70. The first-order chi connectivity index (χ1) is 12.8. The summed E-state index contributed by atoms with van der Waals surface area (Å²) in [4.78, 5) is 14.2. The predicted molar refractivity (Wildman–Crippen MR) is 98.8 cm³/mol. The summed E-state index contributed by atoms with van der Waals surface area (Å²) >= 11 is 0. The third-order valence-corrected chi connectivity index (χ3v) is 4.81. The molecule has 7 nitrogen and oxygen atoms in total. The molecule has 7 heteroatoms. The zero-order valence-electron chi connectivity index (χ0n) is 15.0. The van der Waals surface area contributed by atoms with Gasteiger partial charge in [0.25, 0.3) is 0 Å². The number of urea groups is 1. The summed E-state index contributed by atoms with van der Waals surface area (Å²) in [5.41, 5.74) is 2.15. The molecular weight excluding hydrogens is 330 g/mol. The van der Waals surface area contributed by atoms with Gasteiger partial charge in [-0.3, -0.25) is 0 Å². The summed E-state index contributed by atoms with van der Waals surface area (Å²) in [5.74, 6) is 0. The number of aryl methyl sites for hydroxylation is 1. The Morgan fingerprint density at radius 2 is 1.96 bits per heavy atom. The molecule has 2 N–H and O–H groups in total. The van der Waals surface area contributed by atoms with Crippen molar-refractivity contribution in [3.8, 4) is 0 Å². The SMILES string of the molecule is O=C(NCCc1ccccc1)N1CCC(n2cc(CCCO)nn2)CC1. The van der Waals surface area contributed by atoms with Gasteiger partial charge in [0.2, 0.25) is 0 Å². The lowest BCUT2D eigenvalue weighted by Gasteiger charge is -2.31. The molecule has 2 aromatic rings. The van der Waals surface area contributed by atoms with Gasteiger partial charge in [-0.1, -0.05) is 35.5 Å². The van der Waals surface area contributed by atoms with Crippen LogP contribution in [0, 0.1) is 0 Å². The molecule has 0 saturated carbocycles. The number of aliphatic hydroxyl groups excluding tert-OH is 1. The quantitative estimate of drug-likeness (QED) is 0.791. The van der Waals surface area contributed by atoms with E-state index >= 15 is 0 Å². The lowest BCUT2D eigenvalue weighted by molar-refractivity contribution is 0.168. The van der Waals surface area contributed by atoms with Crippen molar-refractivity contribution in [2.75, 3.05) is 26.2 Å². The normalized spacial score (nSPS) is 15.2. The number of aromatic nitrogens is 3. The van der Waals surface area contributed by atoms with E-state index in [0.29, 0.717) is 19.0 Å². The molecule has 1 aliphatic rings. The maximum absolute atomic E-state index is 12.3. The lowest BCUT2D eigenvalue weighted by Crippen LogP contribution is -2.45. The molecule has 0 spiro atoms. The van der Waals surface area contributed by atoms with E-state index in [9.17, 15) is 4.79 Å². The third kappa shape index (κ3) is 5.05. The number of hydrogen-bond acceptors (Lipinski definition) is 4. The summed E-state index contributed by atoms with van der Waals surface area (Å²) in [6, 6.07) is 10.5. The van der Waals surface area contributed by atoms with Crippen LogP contribution >= 0.6 is 0 Å². The molecule has 0 atom stereocenters. The summed E-state index contributed by atoms with van der Waals surface area (Å²) in [5, 5.41) is 20.3. The van der Waals surface area contributed by atoms with E-state index in [1.54, 1.807) is 0 Å². The van der Waals surface area contributed by atoms with Crippen LogP contribution < -0.4 is 5.32 Å². The third-order valence-electron chi connectivity index (χ3n) is 4.81. The van der Waals surface area contributed by atoms with E-state index in [1.165, 1.54) is 5.56 Å². The van der Waals surface area contributed by atoms with E-state index in [0.717, 1.165) is 44.5 Å². The van der Waals surface area contributed by atoms with E-state index in [1.807, 2.05) is 34.0 Å². The lowest BCUT2D eigenvalue weighted by atomic mass is 10.1. The highest BCUT2D eigenvalue weighted by molar-refractivity contribution is 5.74. The second kappa shape index (κ2) is 9.33. The van der Waals surface area contributed by atoms with Crippen LogP contribution in [-0.2, 0) is 12.8 Å². The maximum atomic E-state index is 12.3. The first-order valence-corrected chi connectivity index (χ1v) is 9.34. The molecule has 0 radical (unpaired) electrons. The molecule has 0 bridgehead atoms. The molecule has 2 heterocycles. The summed E-state index contributed by atoms with van der Waals surface area (Å²) < 4.78 is 1.91. The van der Waals surface area contributed by atoms with E-state index in [2.05, 4.69) is 27.8 Å². The Balaban J connectivity index is 1.40. The Kier molecular flexibility index (Phi) is 6.60. The van der Waals surface area contributed by atoms with E-state index in [4.69, 9.17) is 5.11 Å². The molecule has 140 valence electrons. The van der Waals surface area contributed by atoms with Crippen molar-refractivity contribution in [3.63, 3.8) is 0 Å². The second-order valence-electron chi connectivity index (χ2n) is 6.70. The first kappa shape index (κ1) is 18.4. The Hall–Kier alpha value is -2.41. The van der Waals surface area contributed by atoms with Gasteiger partial charge in [0.15, 0.2) is 0 Å². The number of nitrogens with one attached hydrogen (secondary N) is 1. The van der Waals surface area contributed by atoms with Crippen LogP contribution in [0.5, 0.6) is 0 Å². The van der Waals surface area contributed by atoms with Crippen molar-refractivity contribution in [2.24, 2.45) is 0 Å². The van der Waals surface area contributed by atoms with Crippen LogP contribution in [0.1, 0.15) is 36.6 Å². The molecule has 26 heavy (non-hydrogen) atoms. The zero-order valence-corrected chi connectivity index (χ0v) is 15.0. The average molecular weight is 357 g/mol. The van der Waals surface area contributed by atoms with Crippen LogP contribution in [-0.4, -0.2) is 57.3 Å². The fourth-order valence-corrected chi connectivity index (χ4v) is 3.27. The molecule has 1 fully saturated rings. The Bertz CT molecular complexity index is 680. The average Bonchev–Trinajstić information content (AvgIpc) is 3.16. The monoisotopic (exact) mass is 357 g/mol. The van der Waals surface area contributed by atoms with Crippen LogP contribution in [0.15, 0.2) is 36.5 Å². The maximum Gasteiger partial charge on any atom is 0.317 e. The fraction of sp³-hybridized carbons (Fsp3) is 0.526. The number of amides is 2. The number of carbonyl (C=O) groups excluding carboxylic acids is 1. The number of piperidine rings is 1. The highest BCUT2D eigenvalue weighted by atomic mass is 16.3. The molecular formula is C19H27N5O2. The van der Waals surface area contributed by atoms with Gasteiger partial charge in [-0.2, -0.15) is 0 Å². The van der Waals surface area contributed by atoms with Crippen molar-refractivity contribution in [3.05, 3.63) is 47.8 Å². The van der Waals surface area contributed by atoms with Gasteiger partial charge in [0.1, 0.15) is 0 Å². The molecule has 1 aromatic carbocycles. The Labute approximate surface area is 154 Å². The number of likely N-dealkylation sites (tertiary alicyclic amines) is 1. The molecule has 1 aliphatic heterocycles. The van der Waals surface area contributed by atoms with Crippen molar-refractivity contribution >= 4 is 6.03 Å². The summed E-state index contributed by atoms with van der Waals surface area (Å²) in [7, 11) is 0. The van der Waals surface area contributed by atoms with Gasteiger partial charge in [0, 0.05) is 32.4 Å². The van der Waals surface area contributed by atoms with Crippen LogP contribution in [0.4, 0.5) is 4.79 Å². The highest BCUT2D eigenvalue weighted by Gasteiger charge is 2.24. The predicted octanol–water partition coefficient (Wildman–Crippen LogP) is 1.79. The molecule has 0 unspecified atom stereocenters. The van der Waals surface area contributed by atoms with Crippen molar-refractivity contribution in [2.45, 2.75) is 38.1 Å². The van der Waals surface area contributed by atoms with Crippen LogP contribution in [0.25, 0.3) is 0 Å². The number of rotatable bonds is 7. The van der Waals surface area contributed by atoms with E-state index in [-0.39, 0.29) is 12.6 Å². The molecule has 1 saturated heterocycles. The molecule has 3 rings (SSSR count). The molecule has 2 amide bonds. The minimum absolute atomic E-state index is 0.0154. The number of carbonyl (C=O) groups is 1. The molecule has 0 aliphatic carbocycles. The minimum atomic E-state index is 0.0154. The standard InChI is InChI=1S/C19H27N5O2/c25-14-4-7-17-15-24(22-21-17)18-9-12-23(13-10-18)19(26)20-11-8-16-5-2-1-3-6-16/h1-3,5-6,15,18,25H,4,7-14H2,(H,20,26). The number of aliphatic hydroxyl groups is 1. The number of hydrogen-bond donors (Lipinski definition) is 2. The van der Waals surface area contributed by atoms with Crippen molar-refractivity contribution in [1.82, 2.24) is 25.2 Å². The largest absolute Gasteiger partial charge is 0.396 e. The van der Waals surface area contributed by atoms with Crippen molar-refractivity contribution in [1.29, 1.82) is 0 Å². The van der Waals surface area contributed by atoms with E-state index < -0.39 is 0 Å². The summed E-state index contributed by atoms with van der Waals surface area (Å²) in [6.07, 6.45) is 6.04. The van der Waals surface area contributed by atoms with Gasteiger partial charge in [0.05, 0.1) is 11.7 Å². The smallest absolute Gasteiger partial charge is 0.317 e. The highest BCUT2D eigenvalue weighted by Crippen LogP contribution is 2.21. The van der Waals surface area contributed by atoms with Crippen LogP contribution in [0.2, 0.25) is 0 Å². The Morgan fingerprint density at radius 1 is 1.19 bits per heavy atom.